The SMILES string of the molecule is CCCc1ccc(N=CC=Nc2ccc(CCC)c(CCC)c2)cc1CCC. The molecule has 2 heteroatoms. The maximum absolute atomic E-state index is 4.60. The van der Waals surface area contributed by atoms with Gasteiger partial charge in [-0.05, 0) is 72.2 Å². The van der Waals surface area contributed by atoms with E-state index >= 15 is 0 Å². The van der Waals surface area contributed by atoms with Crippen molar-refractivity contribution < 1.29 is 0 Å². The number of benzene rings is 2. The Labute approximate surface area is 171 Å². The van der Waals surface area contributed by atoms with Gasteiger partial charge >= 0.3 is 0 Å². The monoisotopic (exact) mass is 376 g/mol. The van der Waals surface area contributed by atoms with Gasteiger partial charge in [-0.2, -0.15) is 0 Å². The molecule has 0 amide bonds. The predicted molar refractivity (Wildman–Crippen MR) is 125 cm³/mol. The molecule has 0 radical (unpaired) electrons. The number of aryl methyl sites for hydroxylation is 4. The zero-order chi connectivity index (χ0) is 20.2. The molecule has 2 rings (SSSR count). The molecule has 0 aliphatic heterocycles. The molecule has 2 aromatic rings. The minimum Gasteiger partial charge on any atom is -0.255 e. The average molecular weight is 377 g/mol. The minimum atomic E-state index is 1.01. The van der Waals surface area contributed by atoms with Crippen LogP contribution in [0.5, 0.6) is 0 Å². The zero-order valence-electron chi connectivity index (χ0n) is 18.2. The summed E-state index contributed by atoms with van der Waals surface area (Å²) in [7, 11) is 0. The second-order valence-corrected chi connectivity index (χ2v) is 7.46. The van der Waals surface area contributed by atoms with E-state index in [-0.39, 0.29) is 0 Å². The van der Waals surface area contributed by atoms with Gasteiger partial charge in [-0.1, -0.05) is 65.5 Å². The molecule has 2 aromatic carbocycles. The van der Waals surface area contributed by atoms with Crippen LogP contribution in [0, 0.1) is 0 Å². The minimum absolute atomic E-state index is 1.01. The highest BCUT2D eigenvalue weighted by atomic mass is 14.8. The maximum atomic E-state index is 4.60. The molecule has 0 unspecified atom stereocenters. The first-order valence-electron chi connectivity index (χ1n) is 11.0. The highest BCUT2D eigenvalue weighted by Gasteiger charge is 2.03. The van der Waals surface area contributed by atoms with Crippen LogP contribution in [0.25, 0.3) is 0 Å². The first-order chi connectivity index (χ1) is 13.7. The molecule has 0 spiro atoms. The van der Waals surface area contributed by atoms with Crippen molar-refractivity contribution in [2.45, 2.75) is 79.1 Å². The largest absolute Gasteiger partial charge is 0.255 e. The Morgan fingerprint density at radius 1 is 0.536 bits per heavy atom. The third-order valence-corrected chi connectivity index (χ3v) is 4.97. The van der Waals surface area contributed by atoms with Gasteiger partial charge in [0.1, 0.15) is 0 Å². The molecule has 0 aliphatic carbocycles. The third-order valence-electron chi connectivity index (χ3n) is 4.97. The maximum Gasteiger partial charge on any atom is 0.0633 e. The number of aliphatic imine (C=N–C) groups is 2. The number of rotatable bonds is 11. The Morgan fingerprint density at radius 3 is 1.25 bits per heavy atom. The van der Waals surface area contributed by atoms with E-state index in [1.807, 2.05) is 12.4 Å². The molecule has 0 heterocycles. The summed E-state index contributed by atoms with van der Waals surface area (Å²) in [4.78, 5) is 9.19. The highest BCUT2D eigenvalue weighted by Crippen LogP contribution is 2.22. The number of hydrogen-bond donors (Lipinski definition) is 0. The van der Waals surface area contributed by atoms with Gasteiger partial charge < -0.3 is 0 Å². The average Bonchev–Trinajstić information content (AvgIpc) is 2.69. The van der Waals surface area contributed by atoms with E-state index in [2.05, 4.69) is 74.1 Å². The Bertz CT molecular complexity index is 720. The molecule has 150 valence electrons. The lowest BCUT2D eigenvalue weighted by Crippen LogP contribution is -1.93. The standard InChI is InChI=1S/C26H36N2/c1-5-9-21-13-15-25(19-23(21)11-7-3)27-17-18-28-26-16-14-22(10-6-2)24(20-26)12-8-4/h13-20H,5-12H2,1-4H3. The van der Waals surface area contributed by atoms with E-state index in [0.29, 0.717) is 0 Å². The summed E-state index contributed by atoms with van der Waals surface area (Å²) >= 11 is 0. The molecule has 28 heavy (non-hydrogen) atoms. The number of hydrogen-bond acceptors (Lipinski definition) is 2. The van der Waals surface area contributed by atoms with Crippen LogP contribution in [0.1, 0.15) is 75.6 Å². The summed E-state index contributed by atoms with van der Waals surface area (Å²) in [5, 5.41) is 0. The van der Waals surface area contributed by atoms with E-state index in [9.17, 15) is 0 Å². The van der Waals surface area contributed by atoms with Crippen molar-refractivity contribution in [2.75, 3.05) is 0 Å². The second-order valence-electron chi connectivity index (χ2n) is 7.46. The van der Waals surface area contributed by atoms with Gasteiger partial charge in [-0.3, -0.25) is 9.98 Å². The van der Waals surface area contributed by atoms with Crippen LogP contribution in [-0.2, 0) is 25.7 Å². The Morgan fingerprint density at radius 2 is 0.893 bits per heavy atom. The van der Waals surface area contributed by atoms with Crippen molar-refractivity contribution in [3.63, 3.8) is 0 Å². The van der Waals surface area contributed by atoms with Gasteiger partial charge in [0.05, 0.1) is 11.4 Å². The Balaban J connectivity index is 2.10. The molecule has 0 saturated carbocycles. The lowest BCUT2D eigenvalue weighted by atomic mass is 9.99. The Kier molecular flexibility index (Phi) is 9.68. The molecular weight excluding hydrogens is 340 g/mol. The topological polar surface area (TPSA) is 24.7 Å². The van der Waals surface area contributed by atoms with Crippen LogP contribution in [0.2, 0.25) is 0 Å². The molecule has 0 bridgehead atoms. The summed E-state index contributed by atoms with van der Waals surface area (Å²) in [6.07, 6.45) is 12.9. The van der Waals surface area contributed by atoms with Crippen molar-refractivity contribution in [1.29, 1.82) is 0 Å². The van der Waals surface area contributed by atoms with Crippen LogP contribution < -0.4 is 0 Å². The molecule has 0 fully saturated rings. The normalized spacial score (nSPS) is 11.7. The summed E-state index contributed by atoms with van der Waals surface area (Å²) in [6, 6.07) is 13.2. The molecule has 0 N–H and O–H groups in total. The first-order valence-corrected chi connectivity index (χ1v) is 11.0. The first kappa shape index (κ1) is 22.1. The third kappa shape index (κ3) is 6.74. The van der Waals surface area contributed by atoms with Crippen molar-refractivity contribution in [1.82, 2.24) is 0 Å². The van der Waals surface area contributed by atoms with E-state index in [1.165, 1.54) is 47.9 Å². The summed E-state index contributed by atoms with van der Waals surface area (Å²) in [5.74, 6) is 0. The summed E-state index contributed by atoms with van der Waals surface area (Å²) in [6.45, 7) is 8.94. The van der Waals surface area contributed by atoms with Crippen molar-refractivity contribution in [2.24, 2.45) is 9.98 Å². The highest BCUT2D eigenvalue weighted by molar-refractivity contribution is 6.17. The van der Waals surface area contributed by atoms with Crippen molar-refractivity contribution in [3.8, 4) is 0 Å². The molecular formula is C26H36N2. The summed E-state index contributed by atoms with van der Waals surface area (Å²) < 4.78 is 0. The lowest BCUT2D eigenvalue weighted by molar-refractivity contribution is 0.861. The fourth-order valence-corrected chi connectivity index (χ4v) is 3.65. The zero-order valence-corrected chi connectivity index (χ0v) is 18.2. The van der Waals surface area contributed by atoms with E-state index in [1.54, 1.807) is 0 Å². The molecule has 0 aliphatic rings. The molecule has 0 aromatic heterocycles. The molecule has 0 saturated heterocycles. The predicted octanol–water partition coefficient (Wildman–Crippen LogP) is 7.60. The van der Waals surface area contributed by atoms with Crippen LogP contribution >= 0.6 is 0 Å². The fraction of sp³-hybridized carbons (Fsp3) is 0.462. The van der Waals surface area contributed by atoms with Crippen molar-refractivity contribution in [3.05, 3.63) is 58.7 Å². The van der Waals surface area contributed by atoms with E-state index in [0.717, 1.165) is 37.1 Å². The molecule has 2 nitrogen and oxygen atoms in total. The van der Waals surface area contributed by atoms with Gasteiger partial charge in [0, 0.05) is 12.4 Å². The van der Waals surface area contributed by atoms with Crippen molar-refractivity contribution >= 4 is 23.8 Å². The second kappa shape index (κ2) is 12.3. The quantitative estimate of drug-likeness (QED) is 0.361. The number of nitrogens with zero attached hydrogens (tertiary/aromatic N) is 2. The van der Waals surface area contributed by atoms with E-state index < -0.39 is 0 Å². The van der Waals surface area contributed by atoms with Gasteiger partial charge in [-0.15, -0.1) is 0 Å². The van der Waals surface area contributed by atoms with Gasteiger partial charge in [0.15, 0.2) is 0 Å². The van der Waals surface area contributed by atoms with Crippen LogP contribution in [0.15, 0.2) is 46.4 Å². The lowest BCUT2D eigenvalue weighted by Gasteiger charge is -2.09. The van der Waals surface area contributed by atoms with Crippen LogP contribution in [0.4, 0.5) is 11.4 Å². The molecule has 0 atom stereocenters. The van der Waals surface area contributed by atoms with Crippen LogP contribution in [0.3, 0.4) is 0 Å². The van der Waals surface area contributed by atoms with E-state index in [4.69, 9.17) is 0 Å². The van der Waals surface area contributed by atoms with Crippen LogP contribution in [-0.4, -0.2) is 12.4 Å². The smallest absolute Gasteiger partial charge is 0.0633 e. The Hall–Kier alpha value is -2.22. The van der Waals surface area contributed by atoms with Gasteiger partial charge in [0.2, 0.25) is 0 Å². The summed E-state index contributed by atoms with van der Waals surface area (Å²) in [5.41, 5.74) is 7.83. The van der Waals surface area contributed by atoms with Gasteiger partial charge in [0.25, 0.3) is 0 Å². The fourth-order valence-electron chi connectivity index (χ4n) is 3.65. The van der Waals surface area contributed by atoms with Gasteiger partial charge in [-0.25, -0.2) is 0 Å².